The van der Waals surface area contributed by atoms with Crippen LogP contribution in [0.15, 0.2) is 64.5 Å². The number of aromatic nitrogens is 2. The van der Waals surface area contributed by atoms with Crippen molar-refractivity contribution in [2.75, 3.05) is 5.32 Å². The van der Waals surface area contributed by atoms with E-state index < -0.39 is 0 Å². The molecule has 5 nitrogen and oxygen atoms in total. The fraction of sp³-hybridized carbons (Fsp3) is 0.0500. The number of nitrogens with one attached hydrogen (secondary N) is 2. The van der Waals surface area contributed by atoms with Gasteiger partial charge in [-0.3, -0.25) is 9.98 Å². The first-order valence-corrected chi connectivity index (χ1v) is 9.06. The van der Waals surface area contributed by atoms with Crippen LogP contribution in [0.2, 0.25) is 0 Å². The lowest BCUT2D eigenvalue weighted by molar-refractivity contribution is 1.08. The first-order valence-electron chi connectivity index (χ1n) is 8.24. The van der Waals surface area contributed by atoms with Gasteiger partial charge >= 0.3 is 5.69 Å². The van der Waals surface area contributed by atoms with Crippen molar-refractivity contribution in [2.45, 2.75) is 6.54 Å². The van der Waals surface area contributed by atoms with Gasteiger partial charge in [-0.25, -0.2) is 9.78 Å². The average Bonchev–Trinajstić information content (AvgIpc) is 3.27. The molecule has 4 aromatic rings. The Labute approximate surface area is 153 Å². The third-order valence-electron chi connectivity index (χ3n) is 4.41. The maximum Gasteiger partial charge on any atom is 0.346 e. The number of anilines is 2. The monoisotopic (exact) mass is 358 g/mol. The predicted octanol–water partition coefficient (Wildman–Crippen LogP) is 4.33. The SMILES string of the molecule is O=c1nccc(Nc2cc3c(c(-c4cc5ccccc5s4)c2)CN=C3)[nH]1. The molecular weight excluding hydrogens is 344 g/mol. The van der Waals surface area contributed by atoms with Crippen LogP contribution in [0.5, 0.6) is 0 Å². The van der Waals surface area contributed by atoms with E-state index in [0.717, 1.165) is 11.3 Å². The van der Waals surface area contributed by atoms with E-state index in [-0.39, 0.29) is 5.69 Å². The summed E-state index contributed by atoms with van der Waals surface area (Å²) in [4.78, 5) is 23.4. The minimum Gasteiger partial charge on any atom is -0.342 e. The van der Waals surface area contributed by atoms with Crippen molar-refractivity contribution in [1.29, 1.82) is 0 Å². The van der Waals surface area contributed by atoms with Gasteiger partial charge in [0.15, 0.2) is 0 Å². The van der Waals surface area contributed by atoms with Crippen molar-refractivity contribution >= 4 is 39.1 Å². The summed E-state index contributed by atoms with van der Waals surface area (Å²) >= 11 is 1.78. The fourth-order valence-corrected chi connectivity index (χ4v) is 4.33. The zero-order valence-corrected chi connectivity index (χ0v) is 14.5. The highest BCUT2D eigenvalue weighted by Crippen LogP contribution is 2.39. The van der Waals surface area contributed by atoms with E-state index in [0.29, 0.717) is 12.4 Å². The number of aromatic amines is 1. The molecule has 2 aromatic heterocycles. The van der Waals surface area contributed by atoms with Crippen LogP contribution in [0.1, 0.15) is 11.1 Å². The van der Waals surface area contributed by atoms with Crippen LogP contribution in [-0.4, -0.2) is 16.2 Å². The van der Waals surface area contributed by atoms with Crippen LogP contribution in [0, 0.1) is 0 Å². The number of H-pyrrole nitrogens is 1. The topological polar surface area (TPSA) is 70.1 Å². The minimum atomic E-state index is -0.373. The Bertz CT molecular complexity index is 1190. The Hall–Kier alpha value is -3.25. The standard InChI is InChI=1S/C20H14N4OS/c25-20-22-6-5-19(24-20)23-14-7-13-10-21-11-16(13)15(9-14)18-8-12-3-1-2-4-17(12)26-18/h1-10H,11H2,(H2,22,23,24,25). The summed E-state index contributed by atoms with van der Waals surface area (Å²) in [7, 11) is 0. The summed E-state index contributed by atoms with van der Waals surface area (Å²) in [6.45, 7) is 0.700. The van der Waals surface area contributed by atoms with Crippen LogP contribution < -0.4 is 11.0 Å². The molecule has 126 valence electrons. The molecule has 0 unspecified atom stereocenters. The van der Waals surface area contributed by atoms with Gasteiger partial charge in [-0.15, -0.1) is 11.3 Å². The summed E-state index contributed by atoms with van der Waals surface area (Å²) in [6, 6.07) is 16.5. The summed E-state index contributed by atoms with van der Waals surface area (Å²) < 4.78 is 1.27. The van der Waals surface area contributed by atoms with Crippen LogP contribution in [0.4, 0.5) is 11.5 Å². The lowest BCUT2D eigenvalue weighted by Crippen LogP contribution is -2.10. The largest absolute Gasteiger partial charge is 0.346 e. The van der Waals surface area contributed by atoms with Crippen LogP contribution in [0.25, 0.3) is 20.5 Å². The van der Waals surface area contributed by atoms with Crippen molar-refractivity contribution < 1.29 is 0 Å². The second-order valence-electron chi connectivity index (χ2n) is 6.12. The normalized spacial score (nSPS) is 12.5. The maximum atomic E-state index is 11.4. The van der Waals surface area contributed by atoms with Crippen molar-refractivity contribution in [1.82, 2.24) is 9.97 Å². The summed E-state index contributed by atoms with van der Waals surface area (Å²) in [5.74, 6) is 0.613. The quantitative estimate of drug-likeness (QED) is 0.573. The molecule has 0 saturated heterocycles. The molecule has 2 aromatic carbocycles. The van der Waals surface area contributed by atoms with Gasteiger partial charge < -0.3 is 5.32 Å². The molecule has 0 bridgehead atoms. The molecule has 0 spiro atoms. The van der Waals surface area contributed by atoms with Crippen molar-refractivity contribution in [3.05, 3.63) is 76.3 Å². The molecule has 6 heteroatoms. The predicted molar refractivity (Wildman–Crippen MR) is 107 cm³/mol. The van der Waals surface area contributed by atoms with E-state index in [9.17, 15) is 4.79 Å². The molecule has 3 heterocycles. The molecule has 5 rings (SSSR count). The van der Waals surface area contributed by atoms with Crippen LogP contribution in [0.3, 0.4) is 0 Å². The molecule has 1 aliphatic heterocycles. The lowest BCUT2D eigenvalue weighted by atomic mass is 10.0. The van der Waals surface area contributed by atoms with Crippen molar-refractivity contribution in [3.63, 3.8) is 0 Å². The van der Waals surface area contributed by atoms with Gasteiger partial charge in [0, 0.05) is 33.2 Å². The molecule has 2 N–H and O–H groups in total. The number of aliphatic imine (C=N–C) groups is 1. The molecule has 0 aliphatic carbocycles. The van der Waals surface area contributed by atoms with E-state index in [2.05, 4.69) is 62.7 Å². The number of fused-ring (bicyclic) bond motifs is 2. The highest BCUT2D eigenvalue weighted by atomic mass is 32.1. The Kier molecular flexibility index (Phi) is 3.43. The van der Waals surface area contributed by atoms with E-state index >= 15 is 0 Å². The van der Waals surface area contributed by atoms with E-state index in [1.54, 1.807) is 17.4 Å². The van der Waals surface area contributed by atoms with Gasteiger partial charge in [0.25, 0.3) is 0 Å². The van der Waals surface area contributed by atoms with Crippen LogP contribution in [-0.2, 0) is 6.54 Å². The van der Waals surface area contributed by atoms with Gasteiger partial charge in [-0.2, -0.15) is 0 Å². The summed E-state index contributed by atoms with van der Waals surface area (Å²) in [6.07, 6.45) is 3.40. The van der Waals surface area contributed by atoms with E-state index in [1.165, 1.54) is 32.3 Å². The molecule has 0 radical (unpaired) electrons. The highest BCUT2D eigenvalue weighted by Gasteiger charge is 2.16. The van der Waals surface area contributed by atoms with Gasteiger partial charge in [0.05, 0.1) is 6.54 Å². The van der Waals surface area contributed by atoms with Crippen molar-refractivity contribution in [2.24, 2.45) is 4.99 Å². The Balaban J connectivity index is 1.63. The van der Waals surface area contributed by atoms with Crippen LogP contribution >= 0.6 is 11.3 Å². The Morgan fingerprint density at radius 3 is 2.92 bits per heavy atom. The number of thiophene rings is 1. The molecular formula is C20H14N4OS. The second-order valence-corrected chi connectivity index (χ2v) is 7.21. The van der Waals surface area contributed by atoms with Gasteiger partial charge in [-0.05, 0) is 46.8 Å². The molecule has 0 amide bonds. The smallest absolute Gasteiger partial charge is 0.342 e. The van der Waals surface area contributed by atoms with Gasteiger partial charge in [0.2, 0.25) is 0 Å². The molecule has 1 aliphatic rings. The molecule has 0 saturated carbocycles. The zero-order chi connectivity index (χ0) is 17.5. The number of benzene rings is 2. The maximum absolute atomic E-state index is 11.4. The number of rotatable bonds is 3. The molecule has 0 atom stereocenters. The highest BCUT2D eigenvalue weighted by molar-refractivity contribution is 7.22. The van der Waals surface area contributed by atoms with Gasteiger partial charge in [0.1, 0.15) is 5.82 Å². The molecule has 0 fully saturated rings. The zero-order valence-electron chi connectivity index (χ0n) is 13.7. The molecule has 26 heavy (non-hydrogen) atoms. The third kappa shape index (κ3) is 2.60. The Morgan fingerprint density at radius 1 is 1.12 bits per heavy atom. The minimum absolute atomic E-state index is 0.373. The summed E-state index contributed by atoms with van der Waals surface area (Å²) in [5.41, 5.74) is 4.07. The third-order valence-corrected chi connectivity index (χ3v) is 5.56. The lowest BCUT2D eigenvalue weighted by Gasteiger charge is -2.12. The number of hydrogen-bond donors (Lipinski definition) is 2. The first kappa shape index (κ1) is 15.0. The first-order chi connectivity index (χ1) is 12.8. The average molecular weight is 358 g/mol. The van der Waals surface area contributed by atoms with E-state index in [1.807, 2.05) is 6.21 Å². The second kappa shape index (κ2) is 5.93. The summed E-state index contributed by atoms with van der Waals surface area (Å²) in [5, 5.41) is 4.51. The fourth-order valence-electron chi connectivity index (χ4n) is 3.23. The van der Waals surface area contributed by atoms with Crippen molar-refractivity contribution in [3.8, 4) is 10.4 Å². The number of nitrogens with zero attached hydrogens (tertiary/aromatic N) is 2. The van der Waals surface area contributed by atoms with Gasteiger partial charge in [-0.1, -0.05) is 18.2 Å². The number of hydrogen-bond acceptors (Lipinski definition) is 5. The van der Waals surface area contributed by atoms with E-state index in [4.69, 9.17) is 0 Å². The Morgan fingerprint density at radius 2 is 2.04 bits per heavy atom.